The van der Waals surface area contributed by atoms with Gasteiger partial charge in [0, 0.05) is 0 Å². The average Bonchev–Trinajstić information content (AvgIpc) is 2.28. The maximum Gasteiger partial charge on any atom is 0.228 e. The quantitative estimate of drug-likeness (QED) is 0.586. The Morgan fingerprint density at radius 1 is 1.46 bits per heavy atom. The second-order valence-electron chi connectivity index (χ2n) is 2.80. The van der Waals surface area contributed by atoms with Gasteiger partial charge in [0.15, 0.2) is 0 Å². The number of carbonyl (C=O) groups is 1. The minimum absolute atomic E-state index is 0.0350. The third-order valence-electron chi connectivity index (χ3n) is 1.86. The lowest BCUT2D eigenvalue weighted by molar-refractivity contribution is -0.116. The first kappa shape index (κ1) is 7.91. The molecular formula is C9H9NO3. The molecule has 0 fully saturated rings. The van der Waals surface area contributed by atoms with Crippen molar-refractivity contribution >= 4 is 11.6 Å². The van der Waals surface area contributed by atoms with E-state index in [1.54, 1.807) is 12.1 Å². The van der Waals surface area contributed by atoms with Gasteiger partial charge in [-0.1, -0.05) is 6.07 Å². The van der Waals surface area contributed by atoms with Gasteiger partial charge in [-0.2, -0.15) is 0 Å². The summed E-state index contributed by atoms with van der Waals surface area (Å²) in [5.41, 5.74) is 0.366. The average molecular weight is 179 g/mol. The van der Waals surface area contributed by atoms with Gasteiger partial charge in [-0.25, -0.2) is 0 Å². The van der Waals surface area contributed by atoms with E-state index < -0.39 is 0 Å². The van der Waals surface area contributed by atoms with Crippen LogP contribution in [0.5, 0.6) is 11.5 Å². The van der Waals surface area contributed by atoms with Crippen molar-refractivity contribution in [2.24, 2.45) is 0 Å². The number of aromatic hydroxyl groups is 1. The highest BCUT2D eigenvalue weighted by atomic mass is 16.5. The number of amides is 1. The molecule has 2 rings (SSSR count). The van der Waals surface area contributed by atoms with Gasteiger partial charge in [-0.15, -0.1) is 0 Å². The molecule has 1 aromatic rings. The molecule has 4 nitrogen and oxygen atoms in total. The summed E-state index contributed by atoms with van der Waals surface area (Å²) in [5, 5.41) is 12.0. The Labute approximate surface area is 75.1 Å². The van der Waals surface area contributed by atoms with Gasteiger partial charge in [0.2, 0.25) is 5.91 Å². The van der Waals surface area contributed by atoms with E-state index in [1.807, 2.05) is 0 Å². The zero-order valence-electron chi connectivity index (χ0n) is 6.91. The Morgan fingerprint density at radius 3 is 3.15 bits per heavy atom. The summed E-state index contributed by atoms with van der Waals surface area (Å²) in [6, 6.07) is 4.89. The molecule has 1 aliphatic rings. The summed E-state index contributed by atoms with van der Waals surface area (Å²) in [4.78, 5) is 11.1. The Balaban J connectivity index is 2.46. The number of benzene rings is 1. The molecule has 68 valence electrons. The van der Waals surface area contributed by atoms with Gasteiger partial charge in [0.1, 0.15) is 17.2 Å². The molecule has 1 aliphatic heterocycles. The Morgan fingerprint density at radius 2 is 2.31 bits per heavy atom. The largest absolute Gasteiger partial charge is 0.506 e. The third kappa shape index (κ3) is 1.42. The molecule has 0 atom stereocenters. The molecule has 1 aromatic carbocycles. The molecule has 0 unspecified atom stereocenters. The lowest BCUT2D eigenvalue weighted by Gasteiger charge is -2.07. The van der Waals surface area contributed by atoms with Crippen molar-refractivity contribution in [1.29, 1.82) is 0 Å². The van der Waals surface area contributed by atoms with Crippen LogP contribution in [0.2, 0.25) is 0 Å². The molecular weight excluding hydrogens is 170 g/mol. The molecule has 0 aliphatic carbocycles. The SMILES string of the molecule is O=C1CCOc2cccc(O)c2N1. The molecule has 0 bridgehead atoms. The zero-order valence-corrected chi connectivity index (χ0v) is 6.91. The molecule has 1 heterocycles. The van der Waals surface area contributed by atoms with E-state index in [-0.39, 0.29) is 11.7 Å². The molecule has 13 heavy (non-hydrogen) atoms. The van der Waals surface area contributed by atoms with Crippen molar-refractivity contribution in [2.45, 2.75) is 6.42 Å². The Kier molecular flexibility index (Phi) is 1.81. The van der Waals surface area contributed by atoms with Crippen molar-refractivity contribution in [3.63, 3.8) is 0 Å². The molecule has 0 radical (unpaired) electrons. The molecule has 0 aromatic heterocycles. The highest BCUT2D eigenvalue weighted by Gasteiger charge is 2.16. The van der Waals surface area contributed by atoms with Crippen LogP contribution < -0.4 is 10.1 Å². The molecule has 0 saturated heterocycles. The van der Waals surface area contributed by atoms with Gasteiger partial charge in [-0.05, 0) is 12.1 Å². The number of hydrogen-bond donors (Lipinski definition) is 2. The number of rotatable bonds is 0. The van der Waals surface area contributed by atoms with Crippen LogP contribution in [0.3, 0.4) is 0 Å². The number of phenolic OH excluding ortho intramolecular Hbond substituents is 1. The summed E-state index contributed by atoms with van der Waals surface area (Å²) < 4.78 is 5.26. The van der Waals surface area contributed by atoms with Crippen LogP contribution in [-0.4, -0.2) is 17.6 Å². The highest BCUT2D eigenvalue weighted by Crippen LogP contribution is 2.34. The Bertz CT molecular complexity index is 349. The summed E-state index contributed by atoms with van der Waals surface area (Å²) in [7, 11) is 0. The summed E-state index contributed by atoms with van der Waals surface area (Å²) in [6.45, 7) is 0.349. The minimum Gasteiger partial charge on any atom is -0.506 e. The van der Waals surface area contributed by atoms with Crippen LogP contribution in [0.15, 0.2) is 18.2 Å². The van der Waals surface area contributed by atoms with E-state index in [9.17, 15) is 9.90 Å². The number of anilines is 1. The Hall–Kier alpha value is -1.71. The van der Waals surface area contributed by atoms with Crippen molar-refractivity contribution in [3.8, 4) is 11.5 Å². The molecule has 1 amide bonds. The van der Waals surface area contributed by atoms with Crippen molar-refractivity contribution in [3.05, 3.63) is 18.2 Å². The highest BCUT2D eigenvalue weighted by molar-refractivity contribution is 5.94. The van der Waals surface area contributed by atoms with Gasteiger partial charge < -0.3 is 15.2 Å². The van der Waals surface area contributed by atoms with E-state index in [0.29, 0.717) is 24.5 Å². The fourth-order valence-corrected chi connectivity index (χ4v) is 1.22. The normalized spacial score (nSPS) is 15.2. The van der Waals surface area contributed by atoms with Gasteiger partial charge in [0.05, 0.1) is 13.0 Å². The van der Waals surface area contributed by atoms with Gasteiger partial charge >= 0.3 is 0 Å². The van der Waals surface area contributed by atoms with Gasteiger partial charge in [0.25, 0.3) is 0 Å². The number of fused-ring (bicyclic) bond motifs is 1. The number of phenols is 1. The predicted molar refractivity (Wildman–Crippen MR) is 46.8 cm³/mol. The van der Waals surface area contributed by atoms with E-state index in [0.717, 1.165) is 0 Å². The standard InChI is InChI=1S/C9H9NO3/c11-6-2-1-3-7-9(6)10-8(12)4-5-13-7/h1-3,11H,4-5H2,(H,10,12). The number of carbonyl (C=O) groups excluding carboxylic acids is 1. The predicted octanol–water partition coefficient (Wildman–Crippen LogP) is 1.11. The third-order valence-corrected chi connectivity index (χ3v) is 1.86. The molecule has 0 saturated carbocycles. The molecule has 0 spiro atoms. The number of hydrogen-bond acceptors (Lipinski definition) is 3. The topological polar surface area (TPSA) is 58.6 Å². The van der Waals surface area contributed by atoms with E-state index in [4.69, 9.17) is 4.74 Å². The number of nitrogens with one attached hydrogen (secondary N) is 1. The van der Waals surface area contributed by atoms with E-state index >= 15 is 0 Å². The summed E-state index contributed by atoms with van der Waals surface area (Å²) >= 11 is 0. The summed E-state index contributed by atoms with van der Waals surface area (Å²) in [5.74, 6) is 0.416. The zero-order chi connectivity index (χ0) is 9.26. The van der Waals surface area contributed by atoms with Crippen molar-refractivity contribution in [2.75, 3.05) is 11.9 Å². The lowest BCUT2D eigenvalue weighted by atomic mass is 10.2. The molecule has 4 heteroatoms. The first-order valence-corrected chi connectivity index (χ1v) is 4.02. The van der Waals surface area contributed by atoms with Crippen LogP contribution in [0.25, 0.3) is 0 Å². The second-order valence-corrected chi connectivity index (χ2v) is 2.80. The van der Waals surface area contributed by atoms with Crippen LogP contribution in [0, 0.1) is 0 Å². The van der Waals surface area contributed by atoms with Crippen LogP contribution in [0.1, 0.15) is 6.42 Å². The number of para-hydroxylation sites is 1. The lowest BCUT2D eigenvalue weighted by Crippen LogP contribution is -2.10. The molecule has 2 N–H and O–H groups in total. The fourth-order valence-electron chi connectivity index (χ4n) is 1.22. The van der Waals surface area contributed by atoms with Crippen molar-refractivity contribution in [1.82, 2.24) is 0 Å². The van der Waals surface area contributed by atoms with E-state index in [2.05, 4.69) is 5.32 Å². The monoisotopic (exact) mass is 179 g/mol. The van der Waals surface area contributed by atoms with E-state index in [1.165, 1.54) is 6.07 Å². The first-order valence-electron chi connectivity index (χ1n) is 4.02. The minimum atomic E-state index is -0.139. The van der Waals surface area contributed by atoms with Gasteiger partial charge in [-0.3, -0.25) is 4.79 Å². The smallest absolute Gasteiger partial charge is 0.228 e. The van der Waals surface area contributed by atoms with Crippen LogP contribution in [0.4, 0.5) is 5.69 Å². The second kappa shape index (κ2) is 2.97. The van der Waals surface area contributed by atoms with Crippen molar-refractivity contribution < 1.29 is 14.6 Å². The first-order chi connectivity index (χ1) is 6.27. The fraction of sp³-hybridized carbons (Fsp3) is 0.222. The maximum atomic E-state index is 11.1. The maximum absolute atomic E-state index is 11.1. The van der Waals surface area contributed by atoms with Crippen LogP contribution in [-0.2, 0) is 4.79 Å². The summed E-state index contributed by atoms with van der Waals surface area (Å²) in [6.07, 6.45) is 0.314. The van der Waals surface area contributed by atoms with Crippen LogP contribution >= 0.6 is 0 Å². The number of ether oxygens (including phenoxy) is 1.